The van der Waals surface area contributed by atoms with Crippen LogP contribution >= 0.6 is 0 Å². The van der Waals surface area contributed by atoms with E-state index in [0.717, 1.165) is 19.3 Å². The van der Waals surface area contributed by atoms with Gasteiger partial charge in [0.05, 0.1) is 12.5 Å². The Balaban J connectivity index is 1.76. The molecule has 1 aromatic carbocycles. The zero-order valence-corrected chi connectivity index (χ0v) is 11.2. The molecule has 100 valence electrons. The summed E-state index contributed by atoms with van der Waals surface area (Å²) in [6, 6.07) is 8.13. The largest absolute Gasteiger partial charge is 0.335 e. The number of hydrogen-bond donors (Lipinski definition) is 2. The minimum Gasteiger partial charge on any atom is -0.335 e. The van der Waals surface area contributed by atoms with E-state index in [1.54, 1.807) is 0 Å². The normalized spacial score (nSPS) is 19.1. The van der Waals surface area contributed by atoms with Gasteiger partial charge in [0.1, 0.15) is 0 Å². The van der Waals surface area contributed by atoms with Crippen molar-refractivity contribution in [3.63, 3.8) is 0 Å². The SMILES string of the molecule is O=S(=O)(NC1CCc2ccccc2C1)c1cnc[nH]1. The second-order valence-corrected chi connectivity index (χ2v) is 6.43. The fourth-order valence-electron chi connectivity index (χ4n) is 2.47. The number of imidazole rings is 1. The lowest BCUT2D eigenvalue weighted by Crippen LogP contribution is -2.38. The maximum Gasteiger partial charge on any atom is 0.257 e. The molecule has 1 aliphatic rings. The molecule has 19 heavy (non-hydrogen) atoms. The number of benzene rings is 1. The summed E-state index contributed by atoms with van der Waals surface area (Å²) < 4.78 is 26.9. The van der Waals surface area contributed by atoms with Gasteiger partial charge in [-0.3, -0.25) is 0 Å². The molecule has 0 saturated carbocycles. The predicted octanol–water partition coefficient (Wildman–Crippen LogP) is 1.25. The van der Waals surface area contributed by atoms with Gasteiger partial charge in [0.2, 0.25) is 0 Å². The third-order valence-electron chi connectivity index (χ3n) is 3.43. The minimum atomic E-state index is -3.49. The summed E-state index contributed by atoms with van der Waals surface area (Å²) in [6.45, 7) is 0. The Hall–Kier alpha value is -1.66. The van der Waals surface area contributed by atoms with Gasteiger partial charge in [0.25, 0.3) is 10.0 Å². The van der Waals surface area contributed by atoms with Gasteiger partial charge >= 0.3 is 0 Å². The van der Waals surface area contributed by atoms with Crippen molar-refractivity contribution in [2.75, 3.05) is 0 Å². The lowest BCUT2D eigenvalue weighted by atomic mass is 9.89. The number of nitrogens with zero attached hydrogens (tertiary/aromatic N) is 1. The molecule has 1 aliphatic carbocycles. The Morgan fingerprint density at radius 2 is 2.05 bits per heavy atom. The summed E-state index contributed by atoms with van der Waals surface area (Å²) in [5, 5.41) is 0.117. The molecular formula is C13H15N3O2S. The zero-order valence-electron chi connectivity index (χ0n) is 10.3. The number of fused-ring (bicyclic) bond motifs is 1. The molecule has 0 fully saturated rings. The first-order valence-electron chi connectivity index (χ1n) is 6.22. The topological polar surface area (TPSA) is 74.8 Å². The van der Waals surface area contributed by atoms with Crippen LogP contribution in [-0.2, 0) is 22.9 Å². The van der Waals surface area contributed by atoms with E-state index in [9.17, 15) is 8.42 Å². The molecular weight excluding hydrogens is 262 g/mol. The number of H-pyrrole nitrogens is 1. The summed E-state index contributed by atoms with van der Waals surface area (Å²) in [5.74, 6) is 0. The van der Waals surface area contributed by atoms with E-state index in [0.29, 0.717) is 0 Å². The van der Waals surface area contributed by atoms with E-state index in [1.807, 2.05) is 12.1 Å². The number of rotatable bonds is 3. The highest BCUT2D eigenvalue weighted by molar-refractivity contribution is 7.89. The van der Waals surface area contributed by atoms with Gasteiger partial charge in [-0.2, -0.15) is 0 Å². The molecule has 0 amide bonds. The molecule has 0 aliphatic heterocycles. The molecule has 1 atom stereocenters. The Labute approximate surface area is 112 Å². The summed E-state index contributed by atoms with van der Waals surface area (Å²) in [4.78, 5) is 6.37. The van der Waals surface area contributed by atoms with Crippen molar-refractivity contribution in [1.82, 2.24) is 14.7 Å². The van der Waals surface area contributed by atoms with Crippen molar-refractivity contribution in [3.8, 4) is 0 Å². The Morgan fingerprint density at radius 3 is 2.79 bits per heavy atom. The highest BCUT2D eigenvalue weighted by atomic mass is 32.2. The maximum absolute atomic E-state index is 12.1. The van der Waals surface area contributed by atoms with Crippen LogP contribution in [0, 0.1) is 0 Å². The van der Waals surface area contributed by atoms with Crippen molar-refractivity contribution in [2.45, 2.75) is 30.3 Å². The molecule has 3 rings (SSSR count). The van der Waals surface area contributed by atoms with Crippen LogP contribution in [-0.4, -0.2) is 24.4 Å². The van der Waals surface area contributed by atoms with E-state index in [4.69, 9.17) is 0 Å². The smallest absolute Gasteiger partial charge is 0.257 e. The lowest BCUT2D eigenvalue weighted by Gasteiger charge is -2.24. The van der Waals surface area contributed by atoms with Crippen LogP contribution in [0.5, 0.6) is 0 Å². The standard InChI is InChI=1S/C13H15N3O2S/c17-19(18,13-8-14-9-15-13)16-12-6-5-10-3-1-2-4-11(10)7-12/h1-4,8-9,12,16H,5-7H2,(H,14,15). The molecule has 0 radical (unpaired) electrons. The van der Waals surface area contributed by atoms with Gasteiger partial charge in [-0.25, -0.2) is 18.1 Å². The van der Waals surface area contributed by atoms with E-state index in [2.05, 4.69) is 26.8 Å². The molecule has 1 unspecified atom stereocenters. The fraction of sp³-hybridized carbons (Fsp3) is 0.308. The molecule has 2 N–H and O–H groups in total. The molecule has 1 aromatic heterocycles. The Bertz CT molecular complexity index is 665. The number of aromatic nitrogens is 2. The van der Waals surface area contributed by atoms with Crippen LogP contribution in [0.2, 0.25) is 0 Å². The minimum absolute atomic E-state index is 0.0526. The van der Waals surface area contributed by atoms with E-state index < -0.39 is 10.0 Å². The zero-order chi connectivity index (χ0) is 13.3. The number of nitrogens with one attached hydrogen (secondary N) is 2. The summed E-state index contributed by atoms with van der Waals surface area (Å²) in [6.07, 6.45) is 5.16. The van der Waals surface area contributed by atoms with Gasteiger partial charge in [0, 0.05) is 6.04 Å². The first-order valence-corrected chi connectivity index (χ1v) is 7.71. The van der Waals surface area contributed by atoms with Crippen LogP contribution in [0.4, 0.5) is 0 Å². The van der Waals surface area contributed by atoms with E-state index in [-0.39, 0.29) is 11.1 Å². The predicted molar refractivity (Wildman–Crippen MR) is 71.2 cm³/mol. The van der Waals surface area contributed by atoms with Crippen LogP contribution < -0.4 is 4.72 Å². The second-order valence-electron chi connectivity index (χ2n) is 4.75. The molecule has 0 bridgehead atoms. The number of sulfonamides is 1. The van der Waals surface area contributed by atoms with Crippen LogP contribution in [0.25, 0.3) is 0 Å². The number of hydrogen-bond acceptors (Lipinski definition) is 3. The van der Waals surface area contributed by atoms with Gasteiger partial charge in [-0.15, -0.1) is 0 Å². The second kappa shape index (κ2) is 4.79. The average Bonchev–Trinajstić information content (AvgIpc) is 2.93. The number of aryl methyl sites for hydroxylation is 1. The fourth-order valence-corrected chi connectivity index (χ4v) is 3.65. The highest BCUT2D eigenvalue weighted by Crippen LogP contribution is 2.22. The third-order valence-corrected chi connectivity index (χ3v) is 4.88. The van der Waals surface area contributed by atoms with Gasteiger partial charge in [0.15, 0.2) is 5.03 Å². The van der Waals surface area contributed by atoms with Gasteiger partial charge < -0.3 is 4.98 Å². The molecule has 2 aromatic rings. The lowest BCUT2D eigenvalue weighted by molar-refractivity contribution is 0.506. The summed E-state index contributed by atoms with van der Waals surface area (Å²) in [5.41, 5.74) is 2.55. The van der Waals surface area contributed by atoms with Crippen LogP contribution in [0.15, 0.2) is 41.8 Å². The Morgan fingerprint density at radius 1 is 1.26 bits per heavy atom. The third kappa shape index (κ3) is 2.54. The summed E-state index contributed by atoms with van der Waals surface area (Å²) in [7, 11) is -3.49. The molecule has 0 spiro atoms. The first-order chi connectivity index (χ1) is 9.15. The quantitative estimate of drug-likeness (QED) is 0.886. The average molecular weight is 277 g/mol. The Kier molecular flexibility index (Phi) is 3.12. The van der Waals surface area contributed by atoms with Crippen molar-refractivity contribution >= 4 is 10.0 Å². The van der Waals surface area contributed by atoms with Crippen molar-refractivity contribution in [1.29, 1.82) is 0 Å². The molecule has 0 saturated heterocycles. The van der Waals surface area contributed by atoms with Crippen LogP contribution in [0.3, 0.4) is 0 Å². The molecule has 6 heteroatoms. The van der Waals surface area contributed by atoms with Gasteiger partial charge in [-0.1, -0.05) is 24.3 Å². The number of aromatic amines is 1. The summed E-state index contributed by atoms with van der Waals surface area (Å²) >= 11 is 0. The van der Waals surface area contributed by atoms with E-state index in [1.165, 1.54) is 23.7 Å². The van der Waals surface area contributed by atoms with Gasteiger partial charge in [-0.05, 0) is 30.4 Å². The monoisotopic (exact) mass is 277 g/mol. The van der Waals surface area contributed by atoms with Crippen molar-refractivity contribution in [3.05, 3.63) is 47.9 Å². The maximum atomic E-state index is 12.1. The molecule has 5 nitrogen and oxygen atoms in total. The van der Waals surface area contributed by atoms with Crippen molar-refractivity contribution < 1.29 is 8.42 Å². The van der Waals surface area contributed by atoms with Crippen molar-refractivity contribution in [2.24, 2.45) is 0 Å². The van der Waals surface area contributed by atoms with E-state index >= 15 is 0 Å². The molecule has 1 heterocycles. The highest BCUT2D eigenvalue weighted by Gasteiger charge is 2.24. The van der Waals surface area contributed by atoms with Crippen LogP contribution in [0.1, 0.15) is 17.5 Å². The first kappa shape index (κ1) is 12.4.